The molecule has 5 heteroatoms. The highest BCUT2D eigenvalue weighted by Gasteiger charge is 2.18. The number of hydrogen-bond donors (Lipinski definition) is 1. The molecule has 2 rings (SSSR count). The Balaban J connectivity index is 2.24. The average Bonchev–Trinajstić information content (AvgIpc) is 2.85. The zero-order valence-electron chi connectivity index (χ0n) is 12.6. The van der Waals surface area contributed by atoms with Crippen molar-refractivity contribution in [2.45, 2.75) is 13.8 Å². The van der Waals surface area contributed by atoms with Crippen LogP contribution < -0.4 is 0 Å². The van der Waals surface area contributed by atoms with Gasteiger partial charge < -0.3 is 14.6 Å². The maximum absolute atomic E-state index is 13.2. The van der Waals surface area contributed by atoms with Crippen LogP contribution in [0.5, 0.6) is 0 Å². The van der Waals surface area contributed by atoms with E-state index in [4.69, 9.17) is 4.74 Å². The summed E-state index contributed by atoms with van der Waals surface area (Å²) in [5, 5.41) is 0.703. The summed E-state index contributed by atoms with van der Waals surface area (Å²) in [7, 11) is 1.61. The molecular formula is C16H21FN2O2. The van der Waals surface area contributed by atoms with E-state index in [9.17, 15) is 9.18 Å². The minimum atomic E-state index is -0.307. The Labute approximate surface area is 123 Å². The van der Waals surface area contributed by atoms with Crippen molar-refractivity contribution in [3.8, 4) is 0 Å². The van der Waals surface area contributed by atoms with Gasteiger partial charge in [-0.05, 0) is 30.2 Å². The van der Waals surface area contributed by atoms with Gasteiger partial charge in [0, 0.05) is 31.1 Å². The van der Waals surface area contributed by atoms with E-state index in [1.807, 2.05) is 0 Å². The number of hydrogen-bond acceptors (Lipinski definition) is 2. The van der Waals surface area contributed by atoms with Crippen molar-refractivity contribution in [3.63, 3.8) is 0 Å². The SMILES string of the molecule is COCCN(CC(C)C)C(=O)c1cc2cc(F)ccc2[nH]1. The van der Waals surface area contributed by atoms with Gasteiger partial charge in [-0.2, -0.15) is 0 Å². The Morgan fingerprint density at radius 1 is 1.38 bits per heavy atom. The lowest BCUT2D eigenvalue weighted by atomic mass is 10.2. The number of benzene rings is 1. The molecule has 0 bridgehead atoms. The summed E-state index contributed by atoms with van der Waals surface area (Å²) < 4.78 is 18.3. The number of nitrogens with zero attached hydrogens (tertiary/aromatic N) is 1. The van der Waals surface area contributed by atoms with Crippen LogP contribution in [-0.4, -0.2) is 42.6 Å². The third-order valence-corrected chi connectivity index (χ3v) is 3.25. The summed E-state index contributed by atoms with van der Waals surface area (Å²) in [5.74, 6) is -0.0242. The first-order valence-corrected chi connectivity index (χ1v) is 7.07. The quantitative estimate of drug-likeness (QED) is 0.889. The lowest BCUT2D eigenvalue weighted by molar-refractivity contribution is 0.0667. The molecule has 21 heavy (non-hydrogen) atoms. The summed E-state index contributed by atoms with van der Waals surface area (Å²) in [4.78, 5) is 17.4. The lowest BCUT2D eigenvalue weighted by Crippen LogP contribution is -2.36. The Morgan fingerprint density at radius 2 is 2.14 bits per heavy atom. The number of rotatable bonds is 6. The summed E-state index contributed by atoms with van der Waals surface area (Å²) in [6.45, 7) is 5.82. The largest absolute Gasteiger partial charge is 0.383 e. The first kappa shape index (κ1) is 15.5. The molecule has 4 nitrogen and oxygen atoms in total. The molecule has 0 unspecified atom stereocenters. The summed E-state index contributed by atoms with van der Waals surface area (Å²) in [5.41, 5.74) is 1.24. The van der Waals surface area contributed by atoms with E-state index in [0.717, 1.165) is 5.52 Å². The van der Waals surface area contributed by atoms with E-state index < -0.39 is 0 Å². The number of carbonyl (C=O) groups is 1. The fourth-order valence-electron chi connectivity index (χ4n) is 2.31. The number of amides is 1. The van der Waals surface area contributed by atoms with E-state index >= 15 is 0 Å². The number of aromatic nitrogens is 1. The maximum Gasteiger partial charge on any atom is 0.270 e. The number of ether oxygens (including phenoxy) is 1. The Kier molecular flexibility index (Phi) is 4.96. The van der Waals surface area contributed by atoms with Gasteiger partial charge in [-0.15, -0.1) is 0 Å². The Morgan fingerprint density at radius 3 is 2.81 bits per heavy atom. The molecule has 2 aromatic rings. The highest BCUT2D eigenvalue weighted by molar-refractivity contribution is 5.98. The predicted molar refractivity (Wildman–Crippen MR) is 80.9 cm³/mol. The molecule has 1 amide bonds. The molecule has 0 radical (unpaired) electrons. The first-order chi connectivity index (χ1) is 10.0. The third kappa shape index (κ3) is 3.82. The van der Waals surface area contributed by atoms with Crippen molar-refractivity contribution in [2.24, 2.45) is 5.92 Å². The van der Waals surface area contributed by atoms with Gasteiger partial charge in [0.2, 0.25) is 0 Å². The second-order valence-electron chi connectivity index (χ2n) is 5.55. The molecule has 1 heterocycles. The van der Waals surface area contributed by atoms with Crippen molar-refractivity contribution in [1.29, 1.82) is 0 Å². The minimum Gasteiger partial charge on any atom is -0.383 e. The number of aromatic amines is 1. The molecule has 0 atom stereocenters. The van der Waals surface area contributed by atoms with Gasteiger partial charge in [0.05, 0.1) is 6.61 Å². The highest BCUT2D eigenvalue weighted by Crippen LogP contribution is 2.18. The monoisotopic (exact) mass is 292 g/mol. The fraction of sp³-hybridized carbons (Fsp3) is 0.438. The number of nitrogens with one attached hydrogen (secondary N) is 1. The molecule has 0 aliphatic carbocycles. The van der Waals surface area contributed by atoms with Crippen LogP contribution in [0.4, 0.5) is 4.39 Å². The van der Waals surface area contributed by atoms with E-state index in [2.05, 4.69) is 18.8 Å². The molecule has 0 spiro atoms. The zero-order valence-corrected chi connectivity index (χ0v) is 12.6. The predicted octanol–water partition coefficient (Wildman–Crippen LogP) is 3.05. The molecule has 0 aliphatic heterocycles. The van der Waals surface area contributed by atoms with Crippen LogP contribution in [0.2, 0.25) is 0 Å². The van der Waals surface area contributed by atoms with Gasteiger partial charge in [0.1, 0.15) is 11.5 Å². The number of methoxy groups -OCH3 is 1. The standard InChI is InChI=1S/C16H21FN2O2/c1-11(2)10-19(6-7-21-3)16(20)15-9-12-8-13(17)4-5-14(12)18-15/h4-5,8-9,11,18H,6-7,10H2,1-3H3. The molecule has 0 aliphatic rings. The number of carbonyl (C=O) groups excluding carboxylic acids is 1. The van der Waals surface area contributed by atoms with Crippen molar-refractivity contribution >= 4 is 16.8 Å². The van der Waals surface area contributed by atoms with Crippen LogP contribution in [0.25, 0.3) is 10.9 Å². The van der Waals surface area contributed by atoms with Crippen LogP contribution in [0.1, 0.15) is 24.3 Å². The molecule has 0 fully saturated rings. The zero-order chi connectivity index (χ0) is 15.4. The van der Waals surface area contributed by atoms with Crippen LogP contribution in [-0.2, 0) is 4.74 Å². The van der Waals surface area contributed by atoms with E-state index in [-0.39, 0.29) is 11.7 Å². The molecule has 0 saturated carbocycles. The van der Waals surface area contributed by atoms with E-state index in [0.29, 0.717) is 36.7 Å². The topological polar surface area (TPSA) is 45.3 Å². The first-order valence-electron chi connectivity index (χ1n) is 7.07. The molecular weight excluding hydrogens is 271 g/mol. The molecule has 1 N–H and O–H groups in total. The molecule has 0 saturated heterocycles. The molecule has 1 aromatic carbocycles. The van der Waals surface area contributed by atoms with Crippen molar-refractivity contribution in [2.75, 3.05) is 26.8 Å². The van der Waals surface area contributed by atoms with Gasteiger partial charge in [-0.25, -0.2) is 4.39 Å². The van der Waals surface area contributed by atoms with Crippen LogP contribution in [0, 0.1) is 11.7 Å². The Bertz CT molecular complexity index is 622. The number of H-pyrrole nitrogens is 1. The second-order valence-corrected chi connectivity index (χ2v) is 5.55. The Hall–Kier alpha value is -1.88. The van der Waals surface area contributed by atoms with Crippen LogP contribution in [0.15, 0.2) is 24.3 Å². The smallest absolute Gasteiger partial charge is 0.270 e. The third-order valence-electron chi connectivity index (χ3n) is 3.25. The summed E-state index contributed by atoms with van der Waals surface area (Å²) >= 11 is 0. The van der Waals surface area contributed by atoms with Gasteiger partial charge in [-0.1, -0.05) is 13.8 Å². The maximum atomic E-state index is 13.2. The summed E-state index contributed by atoms with van der Waals surface area (Å²) in [6, 6.07) is 6.14. The number of fused-ring (bicyclic) bond motifs is 1. The number of halogens is 1. The second kappa shape index (κ2) is 6.72. The van der Waals surface area contributed by atoms with Crippen molar-refractivity contribution in [1.82, 2.24) is 9.88 Å². The van der Waals surface area contributed by atoms with E-state index in [1.165, 1.54) is 12.1 Å². The van der Waals surface area contributed by atoms with Crippen LogP contribution >= 0.6 is 0 Å². The van der Waals surface area contributed by atoms with Gasteiger partial charge in [0.25, 0.3) is 5.91 Å². The van der Waals surface area contributed by atoms with Gasteiger partial charge >= 0.3 is 0 Å². The highest BCUT2D eigenvalue weighted by atomic mass is 19.1. The van der Waals surface area contributed by atoms with Crippen molar-refractivity contribution in [3.05, 3.63) is 35.8 Å². The summed E-state index contributed by atoms with van der Waals surface area (Å²) in [6.07, 6.45) is 0. The van der Waals surface area contributed by atoms with Crippen molar-refractivity contribution < 1.29 is 13.9 Å². The molecule has 1 aromatic heterocycles. The van der Waals surface area contributed by atoms with Gasteiger partial charge in [-0.3, -0.25) is 4.79 Å². The normalized spacial score (nSPS) is 11.3. The average molecular weight is 292 g/mol. The van der Waals surface area contributed by atoms with E-state index in [1.54, 1.807) is 24.1 Å². The molecule has 114 valence electrons. The van der Waals surface area contributed by atoms with Gasteiger partial charge in [0.15, 0.2) is 0 Å². The lowest BCUT2D eigenvalue weighted by Gasteiger charge is -2.23. The minimum absolute atomic E-state index is 0.0858. The fourth-order valence-corrected chi connectivity index (χ4v) is 2.31. The van der Waals surface area contributed by atoms with Crippen LogP contribution in [0.3, 0.4) is 0 Å².